The number of hydrogen-bond donors (Lipinski definition) is 5. The number of carbonyl (C=O) groups is 5. The van der Waals surface area contributed by atoms with Crippen LogP contribution in [-0.2, 0) is 19.2 Å². The second kappa shape index (κ2) is 18.7. The number of nitrogens with two attached hydrogens (primary N) is 1. The van der Waals surface area contributed by atoms with Crippen LogP contribution in [0.3, 0.4) is 0 Å². The van der Waals surface area contributed by atoms with Crippen LogP contribution in [0, 0.1) is 11.8 Å². The molecule has 2 saturated carbocycles. The molecular weight excluding hydrogens is 588 g/mol. The number of likely N-dealkylation sites (tertiary alicyclic amines) is 1. The number of aromatic nitrogens is 2. The molecule has 2 heterocycles. The van der Waals surface area contributed by atoms with Crippen molar-refractivity contribution in [2.24, 2.45) is 17.6 Å². The summed E-state index contributed by atoms with van der Waals surface area (Å²) in [5.74, 6) is -2.18. The van der Waals surface area contributed by atoms with Crippen molar-refractivity contribution in [3.63, 3.8) is 0 Å². The number of nitrogens with zero attached hydrogens (tertiary/aromatic N) is 3. The van der Waals surface area contributed by atoms with Crippen LogP contribution in [0.5, 0.6) is 0 Å². The second-order valence-corrected chi connectivity index (χ2v) is 13.3. The maximum Gasteiger partial charge on any atom is 0.281 e. The minimum absolute atomic E-state index is 0.00801. The average molecular weight is 643 g/mol. The first-order valence-electron chi connectivity index (χ1n) is 17.5. The predicted octanol–water partition coefficient (Wildman–Crippen LogP) is 1.85. The summed E-state index contributed by atoms with van der Waals surface area (Å²) in [5.41, 5.74) is 6.11. The Balaban J connectivity index is 1.38. The smallest absolute Gasteiger partial charge is 0.281 e. The largest absolute Gasteiger partial charge is 0.353 e. The van der Waals surface area contributed by atoms with Crippen molar-refractivity contribution in [1.29, 1.82) is 0 Å². The van der Waals surface area contributed by atoms with E-state index >= 15 is 0 Å². The summed E-state index contributed by atoms with van der Waals surface area (Å²) < 4.78 is 0. The van der Waals surface area contributed by atoms with Gasteiger partial charge in [-0.1, -0.05) is 70.6 Å². The molecule has 6 N–H and O–H groups in total. The third kappa shape index (κ3) is 11.2. The van der Waals surface area contributed by atoms with Gasteiger partial charge >= 0.3 is 0 Å². The molecule has 1 aromatic rings. The van der Waals surface area contributed by atoms with Crippen molar-refractivity contribution in [2.75, 3.05) is 39.3 Å². The summed E-state index contributed by atoms with van der Waals surface area (Å²) >= 11 is 0. The van der Waals surface area contributed by atoms with Gasteiger partial charge in [0.2, 0.25) is 23.6 Å². The number of aromatic amines is 1. The number of imide groups is 1. The summed E-state index contributed by atoms with van der Waals surface area (Å²) in [4.78, 5) is 76.5. The van der Waals surface area contributed by atoms with Crippen LogP contribution in [0.15, 0.2) is 12.5 Å². The summed E-state index contributed by atoms with van der Waals surface area (Å²) in [6.45, 7) is 2.25. The topological polar surface area (TPSA) is 183 Å². The van der Waals surface area contributed by atoms with E-state index in [2.05, 4.69) is 30.8 Å². The van der Waals surface area contributed by atoms with Gasteiger partial charge in [0, 0.05) is 19.3 Å². The molecule has 1 aromatic heterocycles. The van der Waals surface area contributed by atoms with Crippen molar-refractivity contribution < 1.29 is 24.0 Å². The Morgan fingerprint density at radius 2 is 1.46 bits per heavy atom. The van der Waals surface area contributed by atoms with E-state index < -0.39 is 42.3 Å². The maximum absolute atomic E-state index is 13.8. The molecule has 0 aromatic carbocycles. The molecule has 1 aliphatic heterocycles. The Labute approximate surface area is 272 Å². The van der Waals surface area contributed by atoms with Crippen LogP contribution in [0.25, 0.3) is 0 Å². The minimum Gasteiger partial charge on any atom is -0.353 e. The first-order valence-corrected chi connectivity index (χ1v) is 17.5. The summed E-state index contributed by atoms with van der Waals surface area (Å²) in [6.07, 6.45) is 17.9. The van der Waals surface area contributed by atoms with E-state index in [0.717, 1.165) is 88.6 Å². The Morgan fingerprint density at radius 1 is 0.826 bits per heavy atom. The third-order valence-corrected chi connectivity index (χ3v) is 9.79. The lowest BCUT2D eigenvalue weighted by atomic mass is 9.84. The molecule has 4 rings (SSSR count). The molecule has 0 radical (unpaired) electrons. The van der Waals surface area contributed by atoms with Gasteiger partial charge in [0.25, 0.3) is 5.91 Å². The van der Waals surface area contributed by atoms with Gasteiger partial charge in [-0.15, -0.1) is 0 Å². The number of rotatable bonds is 15. The molecule has 13 heteroatoms. The summed E-state index contributed by atoms with van der Waals surface area (Å²) in [7, 11) is 0. The predicted molar refractivity (Wildman–Crippen MR) is 173 cm³/mol. The quantitative estimate of drug-likeness (QED) is 0.192. The van der Waals surface area contributed by atoms with E-state index in [-0.39, 0.29) is 24.1 Å². The van der Waals surface area contributed by atoms with Crippen molar-refractivity contribution in [1.82, 2.24) is 35.7 Å². The van der Waals surface area contributed by atoms with Crippen molar-refractivity contribution in [3.8, 4) is 0 Å². The molecule has 5 amide bonds. The molecule has 0 bridgehead atoms. The molecule has 13 nitrogen and oxygen atoms in total. The van der Waals surface area contributed by atoms with Gasteiger partial charge < -0.3 is 31.6 Å². The standard InChI is InChI=1S/C33H54N8O5/c34-26(18-24-10-4-1-5-11-24)31(44)38-21-29(42)37-22-30(43)41(33(46)27-20-35-23-39-27)28(19-25-12-6-2-7-13-25)32(45)36-14-17-40-15-8-3-9-16-40/h20,23-26,28H,1-19,21-22,34H2,(H,35,39)(H,36,45)(H,37,42)(H,38,44)/t26-,28-/m0/s1. The molecular formula is C33H54N8O5. The lowest BCUT2D eigenvalue weighted by molar-refractivity contribution is -0.138. The van der Waals surface area contributed by atoms with E-state index in [4.69, 9.17) is 5.73 Å². The normalized spacial score (nSPS) is 19.5. The Hall–Kier alpha value is -3.32. The highest BCUT2D eigenvalue weighted by molar-refractivity contribution is 6.07. The first-order chi connectivity index (χ1) is 22.3. The van der Waals surface area contributed by atoms with E-state index in [9.17, 15) is 24.0 Å². The van der Waals surface area contributed by atoms with Gasteiger partial charge in [0.15, 0.2) is 0 Å². The molecule has 0 spiro atoms. The minimum atomic E-state index is -1.05. The molecule has 3 fully saturated rings. The molecule has 2 aliphatic carbocycles. The monoisotopic (exact) mass is 642 g/mol. The highest BCUT2D eigenvalue weighted by Gasteiger charge is 2.38. The zero-order valence-electron chi connectivity index (χ0n) is 27.3. The number of hydrogen-bond acceptors (Lipinski definition) is 8. The Kier molecular flexibility index (Phi) is 14.5. The fourth-order valence-electron chi connectivity index (χ4n) is 7.14. The van der Waals surface area contributed by atoms with Crippen LogP contribution in [-0.4, -0.2) is 101 Å². The number of piperidine rings is 1. The molecule has 0 unspecified atom stereocenters. The van der Waals surface area contributed by atoms with Gasteiger partial charge in [-0.2, -0.15) is 0 Å². The Bertz CT molecular complexity index is 1130. The maximum atomic E-state index is 13.8. The van der Waals surface area contributed by atoms with E-state index in [1.807, 2.05) is 0 Å². The van der Waals surface area contributed by atoms with Gasteiger partial charge in [-0.3, -0.25) is 28.9 Å². The second-order valence-electron chi connectivity index (χ2n) is 13.3. The highest BCUT2D eigenvalue weighted by atomic mass is 16.2. The van der Waals surface area contributed by atoms with Crippen molar-refractivity contribution >= 4 is 29.5 Å². The number of amides is 5. The van der Waals surface area contributed by atoms with Crippen LogP contribution in [0.4, 0.5) is 0 Å². The summed E-state index contributed by atoms with van der Waals surface area (Å²) in [5, 5.41) is 8.07. The molecule has 3 aliphatic rings. The molecule has 256 valence electrons. The van der Waals surface area contributed by atoms with E-state index in [1.54, 1.807) is 0 Å². The SMILES string of the molecule is N[C@@H](CC1CCCCC1)C(=O)NCC(=O)NCC(=O)N(C(=O)c1c[nH]cn1)[C@@H](CC1CCCCC1)C(=O)NCCN1CCCCC1. The van der Waals surface area contributed by atoms with Gasteiger partial charge in [0.05, 0.1) is 25.5 Å². The van der Waals surface area contributed by atoms with Crippen LogP contribution in [0.1, 0.15) is 107 Å². The van der Waals surface area contributed by atoms with Crippen molar-refractivity contribution in [2.45, 2.75) is 108 Å². The highest BCUT2D eigenvalue weighted by Crippen LogP contribution is 2.29. The van der Waals surface area contributed by atoms with Crippen LogP contribution >= 0.6 is 0 Å². The van der Waals surface area contributed by atoms with E-state index in [0.29, 0.717) is 31.8 Å². The summed E-state index contributed by atoms with van der Waals surface area (Å²) in [6, 6.07) is -1.75. The molecule has 1 saturated heterocycles. The molecule has 2 atom stereocenters. The number of carbonyl (C=O) groups excluding carboxylic acids is 5. The fourth-order valence-corrected chi connectivity index (χ4v) is 7.14. The average Bonchev–Trinajstić information content (AvgIpc) is 3.63. The Morgan fingerprint density at radius 3 is 2.09 bits per heavy atom. The first kappa shape index (κ1) is 35.5. The zero-order chi connectivity index (χ0) is 32.7. The number of nitrogens with one attached hydrogen (secondary N) is 4. The zero-order valence-corrected chi connectivity index (χ0v) is 27.3. The third-order valence-electron chi connectivity index (χ3n) is 9.79. The van der Waals surface area contributed by atoms with Crippen LogP contribution < -0.4 is 21.7 Å². The lowest BCUT2D eigenvalue weighted by Crippen LogP contribution is -2.56. The van der Waals surface area contributed by atoms with Gasteiger partial charge in [-0.25, -0.2) is 4.98 Å². The number of H-pyrrole nitrogens is 1. The molecule has 46 heavy (non-hydrogen) atoms. The van der Waals surface area contributed by atoms with E-state index in [1.165, 1.54) is 25.4 Å². The number of imidazole rings is 1. The fraction of sp³-hybridized carbons (Fsp3) is 0.758. The lowest BCUT2D eigenvalue weighted by Gasteiger charge is -2.33. The van der Waals surface area contributed by atoms with Gasteiger partial charge in [0.1, 0.15) is 11.7 Å². The van der Waals surface area contributed by atoms with Crippen molar-refractivity contribution in [3.05, 3.63) is 18.2 Å². The van der Waals surface area contributed by atoms with Gasteiger partial charge in [-0.05, 0) is 50.6 Å². The van der Waals surface area contributed by atoms with Crippen LogP contribution in [0.2, 0.25) is 0 Å².